The largest absolute Gasteiger partial charge is 0.481 e. The molecule has 1 rings (SSSR count). The average Bonchev–Trinajstić information content (AvgIpc) is 2.57. The highest BCUT2D eigenvalue weighted by atomic mass is 16.4. The number of hydrogen-bond acceptors (Lipinski definition) is 3. The van der Waals surface area contributed by atoms with Gasteiger partial charge in [0.05, 0.1) is 6.42 Å². The van der Waals surface area contributed by atoms with Crippen LogP contribution in [0.15, 0.2) is 0 Å². The first-order chi connectivity index (χ1) is 7.49. The molecule has 0 aliphatic carbocycles. The van der Waals surface area contributed by atoms with Crippen LogP contribution in [0, 0.1) is 0 Å². The third-order valence-electron chi connectivity index (χ3n) is 2.88. The van der Waals surface area contributed by atoms with Crippen molar-refractivity contribution in [1.82, 2.24) is 10.2 Å². The number of rotatable bonds is 6. The summed E-state index contributed by atoms with van der Waals surface area (Å²) in [5.74, 6) is -0.673. The fourth-order valence-electron chi connectivity index (χ4n) is 1.90. The molecule has 0 radical (unpaired) electrons. The van der Waals surface area contributed by atoms with E-state index in [9.17, 15) is 9.59 Å². The summed E-state index contributed by atoms with van der Waals surface area (Å²) in [5, 5.41) is 11.5. The number of carboxylic acid groups (broad SMARTS) is 1. The van der Waals surface area contributed by atoms with Crippen molar-refractivity contribution in [2.45, 2.75) is 45.2 Å². The zero-order chi connectivity index (χ0) is 12.1. The molecule has 92 valence electrons. The Morgan fingerprint density at radius 1 is 1.62 bits per heavy atom. The zero-order valence-corrected chi connectivity index (χ0v) is 9.90. The molecule has 0 saturated carbocycles. The maximum absolute atomic E-state index is 11.0. The average molecular weight is 228 g/mol. The summed E-state index contributed by atoms with van der Waals surface area (Å²) in [6.07, 6.45) is 1.60. The molecular weight excluding hydrogens is 208 g/mol. The predicted octanol–water partition coefficient (Wildman–Crippen LogP) is 0.450. The number of nitrogens with one attached hydrogen (secondary N) is 1. The minimum Gasteiger partial charge on any atom is -0.481 e. The third-order valence-corrected chi connectivity index (χ3v) is 2.88. The molecule has 1 fully saturated rings. The summed E-state index contributed by atoms with van der Waals surface area (Å²) >= 11 is 0. The molecule has 5 nitrogen and oxygen atoms in total. The highest BCUT2D eigenvalue weighted by Crippen LogP contribution is 2.10. The summed E-state index contributed by atoms with van der Waals surface area (Å²) in [6.45, 7) is 5.37. The van der Waals surface area contributed by atoms with E-state index in [-0.39, 0.29) is 18.4 Å². The lowest BCUT2D eigenvalue weighted by Gasteiger charge is -2.28. The van der Waals surface area contributed by atoms with E-state index in [1.54, 1.807) is 0 Å². The normalized spacial score (nSPS) is 20.5. The Bertz CT molecular complexity index is 266. The molecule has 0 bridgehead atoms. The van der Waals surface area contributed by atoms with Crippen molar-refractivity contribution in [3.8, 4) is 0 Å². The number of nitrogens with zero attached hydrogens (tertiary/aromatic N) is 1. The van der Waals surface area contributed by atoms with Crippen molar-refractivity contribution in [2.75, 3.05) is 13.1 Å². The Hall–Kier alpha value is -1.10. The van der Waals surface area contributed by atoms with Gasteiger partial charge in [-0.25, -0.2) is 0 Å². The first kappa shape index (κ1) is 13.0. The van der Waals surface area contributed by atoms with Crippen molar-refractivity contribution in [3.63, 3.8) is 0 Å². The van der Waals surface area contributed by atoms with Crippen LogP contribution in [0.1, 0.15) is 33.1 Å². The molecule has 1 aliphatic heterocycles. The lowest BCUT2D eigenvalue weighted by Crippen LogP contribution is -2.42. The van der Waals surface area contributed by atoms with Crippen LogP contribution in [0.3, 0.4) is 0 Å². The van der Waals surface area contributed by atoms with Gasteiger partial charge in [0.1, 0.15) is 0 Å². The maximum atomic E-state index is 11.0. The quantitative estimate of drug-likeness (QED) is 0.692. The summed E-state index contributed by atoms with van der Waals surface area (Å²) in [5.41, 5.74) is 0. The van der Waals surface area contributed by atoms with E-state index in [4.69, 9.17) is 5.11 Å². The number of carboxylic acids is 1. The third kappa shape index (κ3) is 4.18. The predicted molar refractivity (Wildman–Crippen MR) is 60.1 cm³/mol. The zero-order valence-electron chi connectivity index (χ0n) is 9.90. The van der Waals surface area contributed by atoms with E-state index in [0.717, 1.165) is 13.0 Å². The minimum atomic E-state index is -0.777. The van der Waals surface area contributed by atoms with E-state index >= 15 is 0 Å². The second kappa shape index (κ2) is 5.84. The van der Waals surface area contributed by atoms with Gasteiger partial charge >= 0.3 is 5.97 Å². The molecule has 1 heterocycles. The van der Waals surface area contributed by atoms with E-state index in [2.05, 4.69) is 10.2 Å². The molecule has 16 heavy (non-hydrogen) atoms. The molecule has 1 atom stereocenters. The van der Waals surface area contributed by atoms with E-state index in [1.165, 1.54) is 0 Å². The Kier molecular flexibility index (Phi) is 4.73. The molecule has 0 aromatic carbocycles. The maximum Gasteiger partial charge on any atom is 0.304 e. The van der Waals surface area contributed by atoms with Gasteiger partial charge in [0.25, 0.3) is 0 Å². The molecule has 1 saturated heterocycles. The van der Waals surface area contributed by atoms with Crippen LogP contribution in [0.4, 0.5) is 0 Å². The molecular formula is C11H20N2O3. The summed E-state index contributed by atoms with van der Waals surface area (Å²) in [7, 11) is 0. The molecule has 5 heteroatoms. The molecule has 0 spiro atoms. The van der Waals surface area contributed by atoms with Gasteiger partial charge in [0, 0.05) is 31.6 Å². The topological polar surface area (TPSA) is 69.6 Å². The van der Waals surface area contributed by atoms with Crippen LogP contribution in [0.2, 0.25) is 0 Å². The molecule has 2 N–H and O–H groups in total. The van der Waals surface area contributed by atoms with Crippen molar-refractivity contribution < 1.29 is 14.7 Å². The highest BCUT2D eigenvalue weighted by Gasteiger charge is 2.24. The van der Waals surface area contributed by atoms with Crippen LogP contribution in [-0.2, 0) is 9.59 Å². The Morgan fingerprint density at radius 2 is 2.31 bits per heavy atom. The standard InChI is InChI=1S/C11H20N2O3/c1-8(2)13(6-5-11(15)16)7-9-3-4-10(14)12-9/h8-9H,3-7H2,1-2H3,(H,12,14)(H,15,16). The van der Waals surface area contributed by atoms with Gasteiger partial charge < -0.3 is 10.4 Å². The Balaban J connectivity index is 2.38. The Labute approximate surface area is 95.8 Å². The van der Waals surface area contributed by atoms with Gasteiger partial charge in [-0.2, -0.15) is 0 Å². The lowest BCUT2D eigenvalue weighted by molar-refractivity contribution is -0.137. The SMILES string of the molecule is CC(C)N(CCC(=O)O)CC1CCC(=O)N1. The fourth-order valence-corrected chi connectivity index (χ4v) is 1.90. The van der Waals surface area contributed by atoms with E-state index in [1.807, 2.05) is 13.8 Å². The van der Waals surface area contributed by atoms with Gasteiger partial charge in [-0.1, -0.05) is 0 Å². The molecule has 1 unspecified atom stereocenters. The van der Waals surface area contributed by atoms with Crippen molar-refractivity contribution in [2.24, 2.45) is 0 Å². The van der Waals surface area contributed by atoms with Crippen LogP contribution < -0.4 is 5.32 Å². The van der Waals surface area contributed by atoms with Crippen molar-refractivity contribution in [3.05, 3.63) is 0 Å². The van der Waals surface area contributed by atoms with Crippen LogP contribution in [-0.4, -0.2) is 47.1 Å². The van der Waals surface area contributed by atoms with Crippen LogP contribution >= 0.6 is 0 Å². The molecule has 0 aromatic rings. The molecule has 0 aromatic heterocycles. The van der Waals surface area contributed by atoms with Gasteiger partial charge in [0.15, 0.2) is 0 Å². The Morgan fingerprint density at radius 3 is 2.75 bits per heavy atom. The first-order valence-corrected chi connectivity index (χ1v) is 5.74. The van der Waals surface area contributed by atoms with Gasteiger partial charge in [-0.3, -0.25) is 14.5 Å². The number of amides is 1. The van der Waals surface area contributed by atoms with Crippen LogP contribution in [0.25, 0.3) is 0 Å². The van der Waals surface area contributed by atoms with E-state index in [0.29, 0.717) is 19.0 Å². The number of carbonyl (C=O) groups is 2. The van der Waals surface area contributed by atoms with Gasteiger partial charge in [0.2, 0.25) is 5.91 Å². The summed E-state index contributed by atoms with van der Waals surface area (Å²) in [4.78, 5) is 23.7. The molecule has 1 aliphatic rings. The second-order valence-electron chi connectivity index (χ2n) is 4.54. The van der Waals surface area contributed by atoms with Crippen molar-refractivity contribution >= 4 is 11.9 Å². The smallest absolute Gasteiger partial charge is 0.304 e. The second-order valence-corrected chi connectivity index (χ2v) is 4.54. The first-order valence-electron chi connectivity index (χ1n) is 5.74. The van der Waals surface area contributed by atoms with E-state index < -0.39 is 5.97 Å². The number of aliphatic carboxylic acids is 1. The summed E-state index contributed by atoms with van der Waals surface area (Å²) in [6, 6.07) is 0.487. The number of carbonyl (C=O) groups excluding carboxylic acids is 1. The highest BCUT2D eigenvalue weighted by molar-refractivity contribution is 5.78. The summed E-state index contributed by atoms with van der Waals surface area (Å²) < 4.78 is 0. The van der Waals surface area contributed by atoms with Crippen molar-refractivity contribution in [1.29, 1.82) is 0 Å². The lowest BCUT2D eigenvalue weighted by atomic mass is 10.2. The monoisotopic (exact) mass is 228 g/mol. The fraction of sp³-hybridized carbons (Fsp3) is 0.818. The van der Waals surface area contributed by atoms with Crippen LogP contribution in [0.5, 0.6) is 0 Å². The van der Waals surface area contributed by atoms with Gasteiger partial charge in [-0.05, 0) is 20.3 Å². The minimum absolute atomic E-state index is 0.104. The van der Waals surface area contributed by atoms with Gasteiger partial charge in [-0.15, -0.1) is 0 Å². The number of hydrogen-bond donors (Lipinski definition) is 2. The molecule has 1 amide bonds.